The van der Waals surface area contributed by atoms with Crippen LogP contribution in [-0.2, 0) is 19.2 Å². The molecule has 1 saturated carbocycles. The summed E-state index contributed by atoms with van der Waals surface area (Å²) in [4.78, 5) is 23.5. The van der Waals surface area contributed by atoms with Crippen molar-refractivity contribution in [3.8, 4) is 6.07 Å². The number of nitro groups is 1. The molecule has 26 heavy (non-hydrogen) atoms. The minimum Gasteiger partial charge on any atom is -0.315 e. The Labute approximate surface area is 152 Å². The van der Waals surface area contributed by atoms with Crippen LogP contribution in [0, 0.1) is 45.1 Å². The first-order valence-electron chi connectivity index (χ1n) is 9.53. The van der Waals surface area contributed by atoms with Gasteiger partial charge < -0.3 is 4.74 Å². The standard InChI is InChI=1S/C18H26N2O6/c1-11-5-6-14-12(2)17(20(21)22,8-4-10-19)24-15-18(14)13(11)7-9-16(3,23-15)25-26-18/h11-15H,4-9H2,1-3H3/t11-,12-,13+,14+,15+,16+,17+,18-/m1/s1. The molecule has 8 nitrogen and oxygen atoms in total. The van der Waals surface area contributed by atoms with Crippen LogP contribution in [0.15, 0.2) is 0 Å². The number of nitrogens with zero attached hydrogens (tertiary/aromatic N) is 2. The maximum Gasteiger partial charge on any atom is 0.330 e. The number of rotatable bonds is 3. The average Bonchev–Trinajstić information content (AvgIpc) is 2.83. The zero-order valence-corrected chi connectivity index (χ0v) is 15.5. The van der Waals surface area contributed by atoms with E-state index in [0.29, 0.717) is 12.3 Å². The van der Waals surface area contributed by atoms with Crippen molar-refractivity contribution in [3.63, 3.8) is 0 Å². The third-order valence-electron chi connectivity index (χ3n) is 7.31. The van der Waals surface area contributed by atoms with Crippen LogP contribution >= 0.6 is 0 Å². The molecular formula is C18H26N2O6. The Morgan fingerprint density at radius 3 is 2.65 bits per heavy atom. The van der Waals surface area contributed by atoms with Gasteiger partial charge in [0.2, 0.25) is 12.1 Å². The Bertz CT molecular complexity index is 652. The molecule has 0 aromatic carbocycles. The molecule has 5 fully saturated rings. The lowest BCUT2D eigenvalue weighted by Crippen LogP contribution is -2.74. The van der Waals surface area contributed by atoms with Crippen molar-refractivity contribution in [1.29, 1.82) is 5.26 Å². The lowest BCUT2D eigenvalue weighted by Gasteiger charge is -2.60. The predicted molar refractivity (Wildman–Crippen MR) is 87.6 cm³/mol. The van der Waals surface area contributed by atoms with Crippen LogP contribution in [-0.4, -0.2) is 28.3 Å². The van der Waals surface area contributed by atoms with Crippen LogP contribution in [0.4, 0.5) is 0 Å². The molecule has 0 amide bonds. The van der Waals surface area contributed by atoms with Gasteiger partial charge in [-0.05, 0) is 38.0 Å². The Kier molecular flexibility index (Phi) is 4.08. The van der Waals surface area contributed by atoms with E-state index < -0.39 is 29.3 Å². The Balaban J connectivity index is 1.82. The van der Waals surface area contributed by atoms with Crippen molar-refractivity contribution < 1.29 is 24.2 Å². The molecule has 1 spiro atoms. The zero-order chi connectivity index (χ0) is 18.7. The van der Waals surface area contributed by atoms with E-state index in [4.69, 9.17) is 24.5 Å². The summed E-state index contributed by atoms with van der Waals surface area (Å²) in [5.41, 5.74) is -2.45. The van der Waals surface area contributed by atoms with Gasteiger partial charge in [-0.3, -0.25) is 14.9 Å². The molecule has 1 aliphatic carbocycles. The van der Waals surface area contributed by atoms with Crippen LogP contribution < -0.4 is 0 Å². The number of nitriles is 1. The summed E-state index contributed by atoms with van der Waals surface area (Å²) < 4.78 is 12.3. The van der Waals surface area contributed by atoms with Crippen molar-refractivity contribution in [3.05, 3.63) is 10.1 Å². The molecule has 8 heteroatoms. The first-order chi connectivity index (χ1) is 12.3. The SMILES string of the molecule is C[C@@H]1CC[C@H]2[C@@H](C)[C@@](CCC#N)([N+](=O)[O-])O[C@@H]3O[C@]4(C)CC[C@@H]1[C@]32OO4. The minimum absolute atomic E-state index is 0.0435. The molecule has 0 N–H and O–H groups in total. The van der Waals surface area contributed by atoms with Crippen LogP contribution in [0.25, 0.3) is 0 Å². The summed E-state index contributed by atoms with van der Waals surface area (Å²) in [6, 6.07) is 2.02. The van der Waals surface area contributed by atoms with Gasteiger partial charge in [-0.25, -0.2) is 9.78 Å². The van der Waals surface area contributed by atoms with Crippen molar-refractivity contribution in [2.24, 2.45) is 23.7 Å². The van der Waals surface area contributed by atoms with E-state index in [9.17, 15) is 10.1 Å². The van der Waals surface area contributed by atoms with Gasteiger partial charge in [0.1, 0.15) is 0 Å². The van der Waals surface area contributed by atoms with Crippen LogP contribution in [0.2, 0.25) is 0 Å². The van der Waals surface area contributed by atoms with Crippen LogP contribution in [0.3, 0.4) is 0 Å². The molecule has 2 bridgehead atoms. The van der Waals surface area contributed by atoms with Gasteiger partial charge in [0.05, 0.1) is 23.3 Å². The van der Waals surface area contributed by atoms with E-state index >= 15 is 0 Å². The monoisotopic (exact) mass is 366 g/mol. The summed E-state index contributed by atoms with van der Waals surface area (Å²) in [6.45, 7) is 5.85. The van der Waals surface area contributed by atoms with Gasteiger partial charge in [-0.2, -0.15) is 5.26 Å². The molecule has 4 heterocycles. The van der Waals surface area contributed by atoms with E-state index in [1.165, 1.54) is 0 Å². The lowest BCUT2D eigenvalue weighted by molar-refractivity contribution is -0.690. The summed E-state index contributed by atoms with van der Waals surface area (Å²) in [6.07, 6.45) is 2.57. The summed E-state index contributed by atoms with van der Waals surface area (Å²) in [5, 5.41) is 21.1. The molecule has 0 radical (unpaired) electrons. The normalized spacial score (nSPS) is 52.6. The first kappa shape index (κ1) is 18.1. The summed E-state index contributed by atoms with van der Waals surface area (Å²) in [5.74, 6) is -0.922. The second kappa shape index (κ2) is 5.86. The van der Waals surface area contributed by atoms with Crippen molar-refractivity contribution in [2.45, 2.75) is 82.7 Å². The van der Waals surface area contributed by atoms with Crippen LogP contribution in [0.1, 0.15) is 59.3 Å². The third kappa shape index (κ3) is 2.21. The Morgan fingerprint density at radius 2 is 1.96 bits per heavy atom. The molecule has 0 aromatic rings. The van der Waals surface area contributed by atoms with Gasteiger partial charge >= 0.3 is 5.72 Å². The highest BCUT2D eigenvalue weighted by Gasteiger charge is 2.74. The molecule has 5 rings (SSSR count). The number of hydrogen-bond acceptors (Lipinski definition) is 7. The van der Waals surface area contributed by atoms with E-state index in [-0.39, 0.29) is 29.6 Å². The Hall–Kier alpha value is -1.27. The van der Waals surface area contributed by atoms with Gasteiger partial charge in [-0.15, -0.1) is 0 Å². The molecule has 144 valence electrons. The van der Waals surface area contributed by atoms with Crippen molar-refractivity contribution >= 4 is 0 Å². The highest BCUT2D eigenvalue weighted by Crippen LogP contribution is 2.62. The second-order valence-electron chi connectivity index (χ2n) is 8.58. The quantitative estimate of drug-likeness (QED) is 0.429. The molecule has 4 aliphatic heterocycles. The van der Waals surface area contributed by atoms with Gasteiger partial charge in [0.25, 0.3) is 0 Å². The van der Waals surface area contributed by atoms with Crippen LogP contribution in [0.5, 0.6) is 0 Å². The maximum absolute atomic E-state index is 12.1. The number of fused-ring (bicyclic) bond motifs is 2. The van der Waals surface area contributed by atoms with Crippen molar-refractivity contribution in [2.75, 3.05) is 0 Å². The topological polar surface area (TPSA) is 104 Å². The molecule has 0 unspecified atom stereocenters. The third-order valence-corrected chi connectivity index (χ3v) is 7.31. The molecule has 5 aliphatic rings. The fourth-order valence-corrected chi connectivity index (χ4v) is 5.81. The smallest absolute Gasteiger partial charge is 0.315 e. The molecular weight excluding hydrogens is 340 g/mol. The first-order valence-corrected chi connectivity index (χ1v) is 9.53. The largest absolute Gasteiger partial charge is 0.330 e. The van der Waals surface area contributed by atoms with Gasteiger partial charge in [0.15, 0.2) is 5.60 Å². The van der Waals surface area contributed by atoms with Gasteiger partial charge in [0, 0.05) is 18.8 Å². The fraction of sp³-hybridized carbons (Fsp3) is 0.944. The fourth-order valence-electron chi connectivity index (χ4n) is 5.81. The highest BCUT2D eigenvalue weighted by atomic mass is 17.3. The Morgan fingerprint density at radius 1 is 1.19 bits per heavy atom. The molecule has 0 aromatic heterocycles. The number of ether oxygens (including phenoxy) is 2. The lowest BCUT2D eigenvalue weighted by atomic mass is 9.56. The van der Waals surface area contributed by atoms with E-state index in [0.717, 1.165) is 19.3 Å². The van der Waals surface area contributed by atoms with E-state index in [2.05, 4.69) is 6.92 Å². The summed E-state index contributed by atoms with van der Waals surface area (Å²) in [7, 11) is 0. The zero-order valence-electron chi connectivity index (χ0n) is 15.5. The minimum atomic E-state index is -1.63. The highest BCUT2D eigenvalue weighted by molar-refractivity contribution is 5.11. The maximum atomic E-state index is 12.1. The second-order valence-corrected chi connectivity index (χ2v) is 8.58. The molecule has 4 saturated heterocycles. The van der Waals surface area contributed by atoms with Gasteiger partial charge in [-0.1, -0.05) is 13.8 Å². The molecule has 8 atom stereocenters. The predicted octanol–water partition coefficient (Wildman–Crippen LogP) is 3.15. The van der Waals surface area contributed by atoms with Crippen molar-refractivity contribution in [1.82, 2.24) is 0 Å². The average molecular weight is 366 g/mol. The summed E-state index contributed by atoms with van der Waals surface area (Å²) >= 11 is 0. The van der Waals surface area contributed by atoms with E-state index in [1.807, 2.05) is 13.0 Å². The van der Waals surface area contributed by atoms with E-state index in [1.54, 1.807) is 6.92 Å². The number of hydrogen-bond donors (Lipinski definition) is 0.